The average Bonchev–Trinajstić information content (AvgIpc) is 3.58. The third-order valence-corrected chi connectivity index (χ3v) is 10.5. The van der Waals surface area contributed by atoms with E-state index in [0.717, 1.165) is 5.56 Å². The summed E-state index contributed by atoms with van der Waals surface area (Å²) in [6.07, 6.45) is 3.83. The van der Waals surface area contributed by atoms with Crippen LogP contribution in [0.1, 0.15) is 55.2 Å². The number of carbonyl (C=O) groups is 1. The van der Waals surface area contributed by atoms with E-state index in [2.05, 4.69) is 10.1 Å². The van der Waals surface area contributed by atoms with Gasteiger partial charge in [0.05, 0.1) is 41.0 Å². The minimum Gasteiger partial charge on any atom is -0.496 e. The van der Waals surface area contributed by atoms with E-state index in [4.69, 9.17) is 18.6 Å². The molecule has 13 heteroatoms. The molecule has 0 spiro atoms. The van der Waals surface area contributed by atoms with Crippen molar-refractivity contribution in [2.75, 3.05) is 20.3 Å². The SMILES string of the molecule is COc1ccccc1[C@H](CC1=NN(C(C)(C)C(=O)O)S(=O)(=O)c2c1sc(-c1ncco1)c2C)OC1CCOCC1. The summed E-state index contributed by atoms with van der Waals surface area (Å²) in [5.41, 5.74) is -0.284. The number of carboxylic acid groups (broad SMARTS) is 1. The third-order valence-electron chi connectivity index (χ3n) is 7.07. The van der Waals surface area contributed by atoms with Crippen LogP contribution in [0.25, 0.3) is 10.8 Å². The lowest BCUT2D eigenvalue weighted by Gasteiger charge is -2.35. The van der Waals surface area contributed by atoms with Gasteiger partial charge < -0.3 is 23.7 Å². The molecule has 0 radical (unpaired) electrons. The Balaban J connectivity index is 1.66. The first-order chi connectivity index (χ1) is 19.1. The summed E-state index contributed by atoms with van der Waals surface area (Å²) in [6.45, 7) is 5.45. The first-order valence-corrected chi connectivity index (χ1v) is 15.1. The Morgan fingerprint density at radius 1 is 1.25 bits per heavy atom. The molecule has 5 rings (SSSR count). The van der Waals surface area contributed by atoms with Gasteiger partial charge in [0, 0.05) is 25.2 Å². The fraction of sp³-hybridized carbons (Fsp3) is 0.444. The van der Waals surface area contributed by atoms with E-state index in [-0.39, 0.29) is 23.3 Å². The maximum Gasteiger partial charge on any atom is 0.331 e. The van der Waals surface area contributed by atoms with Crippen LogP contribution in [0, 0.1) is 6.92 Å². The topological polar surface area (TPSA) is 141 Å². The molecule has 1 aromatic carbocycles. The number of oxazole rings is 1. The average molecular weight is 590 g/mol. The van der Waals surface area contributed by atoms with Crippen molar-refractivity contribution < 1.29 is 36.9 Å². The maximum atomic E-state index is 13.9. The number of nitrogens with zero attached hydrogens (tertiary/aromatic N) is 3. The molecule has 2 aliphatic rings. The molecular formula is C27H31N3O8S2. The van der Waals surface area contributed by atoms with Gasteiger partial charge in [0.25, 0.3) is 10.0 Å². The molecule has 1 fully saturated rings. The Labute approximate surface area is 236 Å². The zero-order valence-corrected chi connectivity index (χ0v) is 24.3. The van der Waals surface area contributed by atoms with E-state index in [9.17, 15) is 18.3 Å². The lowest BCUT2D eigenvalue weighted by atomic mass is 10.00. The summed E-state index contributed by atoms with van der Waals surface area (Å²) >= 11 is 1.20. The molecule has 2 aromatic heterocycles. The Morgan fingerprint density at radius 3 is 2.62 bits per heavy atom. The van der Waals surface area contributed by atoms with Crippen LogP contribution in [0.15, 0.2) is 51.1 Å². The van der Waals surface area contributed by atoms with Gasteiger partial charge in [-0.25, -0.2) is 9.78 Å². The second kappa shape index (κ2) is 11.0. The van der Waals surface area contributed by atoms with E-state index >= 15 is 0 Å². The van der Waals surface area contributed by atoms with Gasteiger partial charge in [-0.05, 0) is 45.2 Å². The Kier molecular flexibility index (Phi) is 7.75. The molecular weight excluding hydrogens is 558 g/mol. The zero-order valence-electron chi connectivity index (χ0n) is 22.6. The molecule has 0 bridgehead atoms. The fourth-order valence-electron chi connectivity index (χ4n) is 4.86. The Bertz CT molecular complexity index is 1520. The van der Waals surface area contributed by atoms with E-state index < -0.39 is 27.6 Å². The second-order valence-corrected chi connectivity index (χ2v) is 12.8. The van der Waals surface area contributed by atoms with Gasteiger partial charge in [-0.3, -0.25) is 0 Å². The number of hydrogen-bond donors (Lipinski definition) is 1. The third kappa shape index (κ3) is 5.02. The van der Waals surface area contributed by atoms with Gasteiger partial charge >= 0.3 is 5.97 Å². The summed E-state index contributed by atoms with van der Waals surface area (Å²) < 4.78 is 51.8. The molecule has 40 heavy (non-hydrogen) atoms. The molecule has 0 amide bonds. The number of fused-ring (bicyclic) bond motifs is 1. The molecule has 4 heterocycles. The highest BCUT2D eigenvalue weighted by atomic mass is 32.2. The summed E-state index contributed by atoms with van der Waals surface area (Å²) in [5, 5.41) is 14.5. The van der Waals surface area contributed by atoms with Crippen LogP contribution in [0.3, 0.4) is 0 Å². The standard InChI is InChI=1S/C27H31N3O8S2/c1-16-22(25-28-11-14-37-25)39-23-19(29-30(27(2,3)26(31)32)40(33,34)24(16)23)15-21(38-17-9-12-36-13-10-17)18-7-5-6-8-20(18)35-4/h5-8,11,14,17,21H,9-10,12-13,15H2,1-4H3,(H,31,32)/t21-/m0/s1. The zero-order chi connectivity index (χ0) is 28.7. The number of carboxylic acids is 1. The van der Waals surface area contributed by atoms with Crippen LogP contribution < -0.4 is 4.74 Å². The number of methoxy groups -OCH3 is 1. The molecule has 214 valence electrons. The first-order valence-electron chi connectivity index (χ1n) is 12.8. The van der Waals surface area contributed by atoms with Gasteiger partial charge in [-0.1, -0.05) is 18.2 Å². The first kappa shape index (κ1) is 28.3. The predicted molar refractivity (Wildman–Crippen MR) is 147 cm³/mol. The molecule has 0 unspecified atom stereocenters. The predicted octanol–water partition coefficient (Wildman–Crippen LogP) is 4.62. The van der Waals surface area contributed by atoms with E-state index in [0.29, 0.717) is 57.2 Å². The van der Waals surface area contributed by atoms with Crippen LogP contribution in [-0.2, 0) is 24.3 Å². The number of rotatable bonds is 9. The van der Waals surface area contributed by atoms with Crippen molar-refractivity contribution in [3.05, 3.63) is 52.7 Å². The van der Waals surface area contributed by atoms with Gasteiger partial charge in [0.2, 0.25) is 5.89 Å². The Hall–Kier alpha value is -3.26. The van der Waals surface area contributed by atoms with Crippen molar-refractivity contribution in [1.82, 2.24) is 9.40 Å². The number of sulfonamides is 1. The smallest absolute Gasteiger partial charge is 0.331 e. The van der Waals surface area contributed by atoms with Crippen molar-refractivity contribution in [2.45, 2.75) is 62.7 Å². The number of ether oxygens (including phenoxy) is 3. The highest BCUT2D eigenvalue weighted by Gasteiger charge is 2.48. The number of hydrazone groups is 1. The van der Waals surface area contributed by atoms with Crippen molar-refractivity contribution in [3.63, 3.8) is 0 Å². The number of thiophene rings is 1. The van der Waals surface area contributed by atoms with E-state index in [1.54, 1.807) is 14.0 Å². The number of benzene rings is 1. The van der Waals surface area contributed by atoms with Crippen LogP contribution in [-0.4, -0.2) is 66.6 Å². The highest BCUT2D eigenvalue weighted by molar-refractivity contribution is 7.89. The number of para-hydroxylation sites is 1. The molecule has 1 atom stereocenters. The van der Waals surface area contributed by atoms with Crippen molar-refractivity contribution in [2.24, 2.45) is 5.10 Å². The molecule has 3 aromatic rings. The normalized spacial score (nSPS) is 18.2. The van der Waals surface area contributed by atoms with Crippen LogP contribution >= 0.6 is 11.3 Å². The minimum absolute atomic E-state index is 0.00475. The molecule has 11 nitrogen and oxygen atoms in total. The van der Waals surface area contributed by atoms with Gasteiger partial charge in [-0.2, -0.15) is 17.9 Å². The number of aliphatic carboxylic acids is 1. The van der Waals surface area contributed by atoms with Gasteiger partial charge in [0.15, 0.2) is 5.54 Å². The van der Waals surface area contributed by atoms with Gasteiger partial charge in [-0.15, -0.1) is 11.3 Å². The summed E-state index contributed by atoms with van der Waals surface area (Å²) in [5.74, 6) is -0.437. The van der Waals surface area contributed by atoms with E-state index in [1.165, 1.54) is 37.6 Å². The quantitative estimate of drug-likeness (QED) is 0.378. The van der Waals surface area contributed by atoms with Crippen LogP contribution in [0.2, 0.25) is 0 Å². The fourth-order valence-corrected chi connectivity index (χ4v) is 8.40. The lowest BCUT2D eigenvalue weighted by Crippen LogP contribution is -2.52. The summed E-state index contributed by atoms with van der Waals surface area (Å²) in [7, 11) is -2.76. The largest absolute Gasteiger partial charge is 0.496 e. The molecule has 2 aliphatic heterocycles. The molecule has 0 saturated carbocycles. The Morgan fingerprint density at radius 2 is 1.98 bits per heavy atom. The number of aromatic nitrogens is 1. The minimum atomic E-state index is -4.34. The van der Waals surface area contributed by atoms with Crippen molar-refractivity contribution >= 4 is 33.0 Å². The number of hydrogen-bond acceptors (Lipinski definition) is 10. The maximum absolute atomic E-state index is 13.9. The van der Waals surface area contributed by atoms with Crippen LogP contribution in [0.4, 0.5) is 0 Å². The van der Waals surface area contributed by atoms with Crippen molar-refractivity contribution in [3.8, 4) is 16.5 Å². The molecule has 1 saturated heterocycles. The van der Waals surface area contributed by atoms with E-state index in [1.807, 2.05) is 24.3 Å². The molecule has 0 aliphatic carbocycles. The van der Waals surface area contributed by atoms with Crippen LogP contribution in [0.5, 0.6) is 5.75 Å². The summed E-state index contributed by atoms with van der Waals surface area (Å²) in [4.78, 5) is 17.4. The molecule has 1 N–H and O–H groups in total. The summed E-state index contributed by atoms with van der Waals surface area (Å²) in [6, 6.07) is 7.48. The monoisotopic (exact) mass is 589 g/mol. The second-order valence-electron chi connectivity index (χ2n) is 10.1. The lowest BCUT2D eigenvalue weighted by molar-refractivity contribution is -0.146. The van der Waals surface area contributed by atoms with Crippen molar-refractivity contribution in [1.29, 1.82) is 0 Å². The van der Waals surface area contributed by atoms with Gasteiger partial charge in [0.1, 0.15) is 16.9 Å². The highest BCUT2D eigenvalue weighted by Crippen LogP contribution is 2.45.